The van der Waals surface area contributed by atoms with Gasteiger partial charge in [0.25, 0.3) is 0 Å². The summed E-state index contributed by atoms with van der Waals surface area (Å²) >= 11 is 0. The largest absolute Gasteiger partial charge is 0.492 e. The second-order valence-electron chi connectivity index (χ2n) is 5.16. The summed E-state index contributed by atoms with van der Waals surface area (Å²) in [4.78, 5) is 6.28. The predicted molar refractivity (Wildman–Crippen MR) is 78.9 cm³/mol. The van der Waals surface area contributed by atoms with E-state index in [1.165, 1.54) is 18.6 Å². The minimum Gasteiger partial charge on any atom is -0.492 e. The molecule has 2 rings (SSSR count). The van der Waals surface area contributed by atoms with Gasteiger partial charge >= 0.3 is 6.18 Å². The van der Waals surface area contributed by atoms with E-state index in [0.29, 0.717) is 18.3 Å². The summed E-state index contributed by atoms with van der Waals surface area (Å²) in [6, 6.07) is 4.61. The molecule has 1 aliphatic heterocycles. The van der Waals surface area contributed by atoms with Crippen molar-refractivity contribution in [3.8, 4) is 5.75 Å². The first-order chi connectivity index (χ1) is 10.5. The van der Waals surface area contributed by atoms with E-state index in [-0.39, 0.29) is 6.61 Å². The SMILES string of the molecule is NC(=NCCOc1ccc(C(F)(F)F)cc1)N1CCCCC1. The lowest BCUT2D eigenvalue weighted by Crippen LogP contribution is -2.41. The number of benzene rings is 1. The molecule has 2 N–H and O–H groups in total. The normalized spacial score (nSPS) is 16.7. The first-order valence-electron chi connectivity index (χ1n) is 7.32. The average molecular weight is 315 g/mol. The number of ether oxygens (including phenoxy) is 1. The van der Waals surface area contributed by atoms with Crippen LogP contribution < -0.4 is 10.5 Å². The van der Waals surface area contributed by atoms with Crippen molar-refractivity contribution in [2.45, 2.75) is 25.4 Å². The summed E-state index contributed by atoms with van der Waals surface area (Å²) < 4.78 is 42.6. The third-order valence-electron chi connectivity index (χ3n) is 3.50. The third-order valence-corrected chi connectivity index (χ3v) is 3.50. The molecule has 0 radical (unpaired) electrons. The molecule has 1 fully saturated rings. The fourth-order valence-corrected chi connectivity index (χ4v) is 2.29. The van der Waals surface area contributed by atoms with Crippen LogP contribution in [0.4, 0.5) is 13.2 Å². The van der Waals surface area contributed by atoms with Crippen LogP contribution in [0.2, 0.25) is 0 Å². The van der Waals surface area contributed by atoms with Crippen LogP contribution in [0, 0.1) is 0 Å². The number of likely N-dealkylation sites (tertiary alicyclic amines) is 1. The van der Waals surface area contributed by atoms with Crippen LogP contribution in [-0.2, 0) is 6.18 Å². The topological polar surface area (TPSA) is 50.9 Å². The van der Waals surface area contributed by atoms with Gasteiger partial charge in [0.05, 0.1) is 12.1 Å². The number of rotatable bonds is 4. The Labute approximate surface area is 127 Å². The van der Waals surface area contributed by atoms with E-state index in [1.54, 1.807) is 0 Å². The van der Waals surface area contributed by atoms with Crippen molar-refractivity contribution in [2.24, 2.45) is 10.7 Å². The molecule has 122 valence electrons. The van der Waals surface area contributed by atoms with Crippen LogP contribution in [-0.4, -0.2) is 37.1 Å². The molecular formula is C15H20F3N3O. The van der Waals surface area contributed by atoms with Gasteiger partial charge in [0.1, 0.15) is 12.4 Å². The Balaban J connectivity index is 1.76. The lowest BCUT2D eigenvalue weighted by molar-refractivity contribution is -0.137. The van der Waals surface area contributed by atoms with Gasteiger partial charge in [0.15, 0.2) is 5.96 Å². The summed E-state index contributed by atoms with van der Waals surface area (Å²) in [5.74, 6) is 0.899. The molecule has 22 heavy (non-hydrogen) atoms. The lowest BCUT2D eigenvalue weighted by atomic mass is 10.1. The Bertz CT molecular complexity index is 494. The molecule has 0 unspecified atom stereocenters. The quantitative estimate of drug-likeness (QED) is 0.528. The molecule has 1 aromatic rings. The summed E-state index contributed by atoms with van der Waals surface area (Å²) in [5, 5.41) is 0. The van der Waals surface area contributed by atoms with E-state index in [0.717, 1.165) is 38.1 Å². The van der Waals surface area contributed by atoms with Gasteiger partial charge in [-0.25, -0.2) is 4.99 Å². The number of halogens is 3. The maximum absolute atomic E-state index is 12.4. The minimum atomic E-state index is -4.33. The van der Waals surface area contributed by atoms with Crippen molar-refractivity contribution >= 4 is 5.96 Å². The summed E-state index contributed by atoms with van der Waals surface area (Å²) in [7, 11) is 0. The number of nitrogens with zero attached hydrogens (tertiary/aromatic N) is 2. The molecular weight excluding hydrogens is 295 g/mol. The molecule has 0 spiro atoms. The highest BCUT2D eigenvalue weighted by Crippen LogP contribution is 2.30. The molecule has 1 aliphatic rings. The number of nitrogens with two attached hydrogens (primary N) is 1. The number of hydrogen-bond acceptors (Lipinski definition) is 2. The zero-order valence-corrected chi connectivity index (χ0v) is 12.3. The molecule has 0 amide bonds. The van der Waals surface area contributed by atoms with E-state index in [2.05, 4.69) is 4.99 Å². The van der Waals surface area contributed by atoms with Crippen LogP contribution in [0.1, 0.15) is 24.8 Å². The zero-order valence-electron chi connectivity index (χ0n) is 12.3. The predicted octanol–water partition coefficient (Wildman–Crippen LogP) is 2.88. The van der Waals surface area contributed by atoms with E-state index >= 15 is 0 Å². The second-order valence-corrected chi connectivity index (χ2v) is 5.16. The van der Waals surface area contributed by atoms with Crippen LogP contribution in [0.5, 0.6) is 5.75 Å². The maximum atomic E-state index is 12.4. The Hall–Kier alpha value is -1.92. The van der Waals surface area contributed by atoms with Gasteiger partial charge in [-0.05, 0) is 43.5 Å². The van der Waals surface area contributed by atoms with Gasteiger partial charge in [0, 0.05) is 13.1 Å². The number of guanidine groups is 1. The smallest absolute Gasteiger partial charge is 0.416 e. The summed E-state index contributed by atoms with van der Waals surface area (Å²) in [6.07, 6.45) is -0.858. The number of alkyl halides is 3. The number of piperidine rings is 1. The van der Waals surface area contributed by atoms with Crippen molar-refractivity contribution in [3.05, 3.63) is 29.8 Å². The third kappa shape index (κ3) is 4.82. The maximum Gasteiger partial charge on any atom is 0.416 e. The van der Waals surface area contributed by atoms with Gasteiger partial charge < -0.3 is 15.4 Å². The number of hydrogen-bond donors (Lipinski definition) is 1. The standard InChI is InChI=1S/C15H20F3N3O/c16-15(17,18)12-4-6-13(7-5-12)22-11-8-20-14(19)21-9-2-1-3-10-21/h4-7H,1-3,8-11H2,(H2,19,20). The Morgan fingerprint density at radius 1 is 1.14 bits per heavy atom. The van der Waals surface area contributed by atoms with Crippen LogP contribution in [0.3, 0.4) is 0 Å². The molecule has 0 atom stereocenters. The highest BCUT2D eigenvalue weighted by molar-refractivity contribution is 5.78. The van der Waals surface area contributed by atoms with E-state index in [9.17, 15) is 13.2 Å². The zero-order chi connectivity index (χ0) is 16.0. The second kappa shape index (κ2) is 7.38. The monoisotopic (exact) mass is 315 g/mol. The average Bonchev–Trinajstić information content (AvgIpc) is 2.52. The van der Waals surface area contributed by atoms with Gasteiger partial charge in [0.2, 0.25) is 0 Å². The fraction of sp³-hybridized carbons (Fsp3) is 0.533. The molecule has 1 saturated heterocycles. The van der Waals surface area contributed by atoms with Crippen molar-refractivity contribution in [2.75, 3.05) is 26.2 Å². The van der Waals surface area contributed by atoms with Crippen molar-refractivity contribution in [3.63, 3.8) is 0 Å². The first kappa shape index (κ1) is 16.5. The van der Waals surface area contributed by atoms with E-state index < -0.39 is 11.7 Å². The van der Waals surface area contributed by atoms with Crippen LogP contribution in [0.25, 0.3) is 0 Å². The Morgan fingerprint density at radius 2 is 1.77 bits per heavy atom. The number of aliphatic imine (C=N–C) groups is 1. The lowest BCUT2D eigenvalue weighted by Gasteiger charge is -2.27. The molecule has 7 heteroatoms. The summed E-state index contributed by atoms with van der Waals surface area (Å²) in [6.45, 7) is 2.51. The molecule has 0 aliphatic carbocycles. The fourth-order valence-electron chi connectivity index (χ4n) is 2.29. The molecule has 1 heterocycles. The summed E-state index contributed by atoms with van der Waals surface area (Å²) in [5.41, 5.74) is 5.20. The van der Waals surface area contributed by atoms with Gasteiger partial charge in [-0.15, -0.1) is 0 Å². The van der Waals surface area contributed by atoms with E-state index in [4.69, 9.17) is 10.5 Å². The minimum absolute atomic E-state index is 0.278. The van der Waals surface area contributed by atoms with Crippen molar-refractivity contribution in [1.82, 2.24) is 4.90 Å². The van der Waals surface area contributed by atoms with Gasteiger partial charge in [-0.2, -0.15) is 13.2 Å². The highest BCUT2D eigenvalue weighted by atomic mass is 19.4. The van der Waals surface area contributed by atoms with Crippen molar-refractivity contribution in [1.29, 1.82) is 0 Å². The van der Waals surface area contributed by atoms with Gasteiger partial charge in [-0.1, -0.05) is 0 Å². The highest BCUT2D eigenvalue weighted by Gasteiger charge is 2.29. The van der Waals surface area contributed by atoms with E-state index in [1.807, 2.05) is 4.90 Å². The molecule has 0 aromatic heterocycles. The molecule has 0 saturated carbocycles. The Kier molecular flexibility index (Phi) is 5.51. The van der Waals surface area contributed by atoms with Crippen LogP contribution in [0.15, 0.2) is 29.3 Å². The van der Waals surface area contributed by atoms with Crippen molar-refractivity contribution < 1.29 is 17.9 Å². The Morgan fingerprint density at radius 3 is 2.36 bits per heavy atom. The van der Waals surface area contributed by atoms with Gasteiger partial charge in [-0.3, -0.25) is 0 Å². The van der Waals surface area contributed by atoms with Crippen LogP contribution >= 0.6 is 0 Å². The molecule has 0 bridgehead atoms. The first-order valence-corrected chi connectivity index (χ1v) is 7.32. The molecule has 4 nitrogen and oxygen atoms in total. The molecule has 1 aromatic carbocycles.